The van der Waals surface area contributed by atoms with E-state index in [1.165, 1.54) is 12.8 Å². The fourth-order valence-electron chi connectivity index (χ4n) is 2.59. The number of aromatic nitrogens is 3. The molecule has 1 aromatic rings. The van der Waals surface area contributed by atoms with Gasteiger partial charge in [0, 0.05) is 19.1 Å². The molecule has 9 nitrogen and oxygen atoms in total. The average Bonchev–Trinajstić information content (AvgIpc) is 3.15. The summed E-state index contributed by atoms with van der Waals surface area (Å²) < 4.78 is 16.2. The molecule has 146 valence electrons. The molecule has 9 heteroatoms. The van der Waals surface area contributed by atoms with Crippen LogP contribution in [0.5, 0.6) is 6.01 Å². The molecule has 2 rings (SSSR count). The van der Waals surface area contributed by atoms with Gasteiger partial charge in [-0.2, -0.15) is 15.0 Å². The van der Waals surface area contributed by atoms with Gasteiger partial charge in [0.15, 0.2) is 0 Å². The molecular formula is C17H30N6O3. The van der Waals surface area contributed by atoms with E-state index in [9.17, 15) is 0 Å². The van der Waals surface area contributed by atoms with Crippen LogP contribution in [-0.2, 0) is 9.47 Å². The summed E-state index contributed by atoms with van der Waals surface area (Å²) in [6.07, 6.45) is 6.40. The fourth-order valence-corrected chi connectivity index (χ4v) is 2.59. The van der Waals surface area contributed by atoms with Crippen molar-refractivity contribution in [1.29, 1.82) is 0 Å². The number of nitrogens with zero attached hydrogens (tertiary/aromatic N) is 3. The predicted molar refractivity (Wildman–Crippen MR) is 101 cm³/mol. The number of nitrogens with two attached hydrogens (primary N) is 1. The van der Waals surface area contributed by atoms with E-state index < -0.39 is 0 Å². The monoisotopic (exact) mass is 366 g/mol. The molecule has 0 atom stereocenters. The van der Waals surface area contributed by atoms with Gasteiger partial charge in [-0.25, -0.2) is 0 Å². The lowest BCUT2D eigenvalue weighted by molar-refractivity contribution is 0.0547. The Balaban J connectivity index is 1.79. The summed E-state index contributed by atoms with van der Waals surface area (Å²) in [7, 11) is 0. The Morgan fingerprint density at radius 1 is 1.04 bits per heavy atom. The predicted octanol–water partition coefficient (Wildman–Crippen LogP) is 1.19. The third-order valence-electron chi connectivity index (χ3n) is 3.80. The molecule has 0 saturated heterocycles. The van der Waals surface area contributed by atoms with Crippen molar-refractivity contribution >= 4 is 11.9 Å². The largest absolute Gasteiger partial charge is 0.459 e. The van der Waals surface area contributed by atoms with Crippen LogP contribution in [0.2, 0.25) is 0 Å². The smallest absolute Gasteiger partial charge is 0.323 e. The zero-order valence-corrected chi connectivity index (χ0v) is 15.3. The molecule has 0 aromatic carbocycles. The molecule has 0 unspecified atom stereocenters. The summed E-state index contributed by atoms with van der Waals surface area (Å²) in [5.74, 6) is 0.993. The maximum atomic E-state index is 5.48. The maximum absolute atomic E-state index is 5.48. The van der Waals surface area contributed by atoms with E-state index in [0.29, 0.717) is 64.1 Å². The standard InChI is InChI=1S/C17H30N6O3/c1-2-9-26-17-22-15(19-8-11-25-13-12-24-10-7-18)21-16(23-17)20-14-5-3-4-6-14/h2,14H,1,3-13,18H2,(H2,19,20,21,22,23). The molecular weight excluding hydrogens is 336 g/mol. The van der Waals surface area contributed by atoms with Gasteiger partial charge >= 0.3 is 6.01 Å². The topological polar surface area (TPSA) is 116 Å². The Morgan fingerprint density at radius 2 is 1.77 bits per heavy atom. The molecule has 0 radical (unpaired) electrons. The summed E-state index contributed by atoms with van der Waals surface area (Å²) >= 11 is 0. The van der Waals surface area contributed by atoms with Gasteiger partial charge in [-0.1, -0.05) is 25.5 Å². The Hall–Kier alpha value is -1.97. The number of hydrogen-bond donors (Lipinski definition) is 3. The Kier molecular flexibility index (Phi) is 9.70. The molecule has 0 aliphatic heterocycles. The summed E-state index contributed by atoms with van der Waals surface area (Å²) in [6, 6.07) is 0.688. The highest BCUT2D eigenvalue weighted by atomic mass is 16.5. The molecule has 0 amide bonds. The second-order valence-corrected chi connectivity index (χ2v) is 5.93. The fraction of sp³-hybridized carbons (Fsp3) is 0.706. The summed E-state index contributed by atoms with van der Waals surface area (Å²) in [5, 5.41) is 6.50. The van der Waals surface area contributed by atoms with Crippen molar-refractivity contribution < 1.29 is 14.2 Å². The molecule has 26 heavy (non-hydrogen) atoms. The van der Waals surface area contributed by atoms with E-state index in [1.807, 2.05) is 0 Å². The summed E-state index contributed by atoms with van der Waals surface area (Å²) in [5.41, 5.74) is 5.35. The van der Waals surface area contributed by atoms with Crippen molar-refractivity contribution in [3.63, 3.8) is 0 Å². The van der Waals surface area contributed by atoms with Gasteiger partial charge < -0.3 is 30.6 Å². The molecule has 1 heterocycles. The van der Waals surface area contributed by atoms with Crippen molar-refractivity contribution in [2.24, 2.45) is 5.73 Å². The highest BCUT2D eigenvalue weighted by Crippen LogP contribution is 2.21. The van der Waals surface area contributed by atoms with Gasteiger partial charge in [-0.05, 0) is 12.8 Å². The molecule has 0 spiro atoms. The first-order valence-electron chi connectivity index (χ1n) is 9.17. The Bertz CT molecular complexity index is 525. The second kappa shape index (κ2) is 12.4. The van der Waals surface area contributed by atoms with Crippen LogP contribution < -0.4 is 21.1 Å². The molecule has 0 bridgehead atoms. The molecule has 1 aromatic heterocycles. The minimum atomic E-state index is 0.277. The van der Waals surface area contributed by atoms with Crippen molar-refractivity contribution in [3.8, 4) is 6.01 Å². The normalized spacial score (nSPS) is 14.3. The third kappa shape index (κ3) is 7.94. The lowest BCUT2D eigenvalue weighted by Gasteiger charge is -2.14. The van der Waals surface area contributed by atoms with Crippen LogP contribution in [0.1, 0.15) is 25.7 Å². The van der Waals surface area contributed by atoms with E-state index in [0.717, 1.165) is 12.8 Å². The van der Waals surface area contributed by atoms with Gasteiger partial charge in [-0.15, -0.1) is 0 Å². The summed E-state index contributed by atoms with van der Waals surface area (Å²) in [6.45, 7) is 7.22. The van der Waals surface area contributed by atoms with E-state index in [-0.39, 0.29) is 6.01 Å². The lowest BCUT2D eigenvalue weighted by atomic mass is 10.3. The van der Waals surface area contributed by atoms with Crippen molar-refractivity contribution in [3.05, 3.63) is 12.7 Å². The molecule has 1 aliphatic rings. The van der Waals surface area contributed by atoms with E-state index in [1.54, 1.807) is 6.08 Å². The van der Waals surface area contributed by atoms with E-state index >= 15 is 0 Å². The Morgan fingerprint density at radius 3 is 2.50 bits per heavy atom. The lowest BCUT2D eigenvalue weighted by Crippen LogP contribution is -2.19. The van der Waals surface area contributed by atoms with Crippen LogP contribution in [0.15, 0.2) is 12.7 Å². The van der Waals surface area contributed by atoms with Crippen LogP contribution in [0, 0.1) is 0 Å². The number of rotatable bonds is 14. The van der Waals surface area contributed by atoms with Crippen LogP contribution in [0.25, 0.3) is 0 Å². The quantitative estimate of drug-likeness (QED) is 0.330. The number of ether oxygens (including phenoxy) is 3. The van der Waals surface area contributed by atoms with Gasteiger partial charge in [0.05, 0.1) is 26.4 Å². The minimum Gasteiger partial charge on any atom is -0.459 e. The highest BCUT2D eigenvalue weighted by molar-refractivity contribution is 5.36. The van der Waals surface area contributed by atoms with Crippen LogP contribution in [-0.4, -0.2) is 67.1 Å². The summed E-state index contributed by atoms with van der Waals surface area (Å²) in [4.78, 5) is 13.0. The average molecular weight is 366 g/mol. The van der Waals surface area contributed by atoms with Crippen LogP contribution >= 0.6 is 0 Å². The molecule has 4 N–H and O–H groups in total. The SMILES string of the molecule is C=CCOc1nc(NCCOCCOCCN)nc(NC2CCCC2)n1. The maximum Gasteiger partial charge on any atom is 0.323 e. The zero-order chi connectivity index (χ0) is 18.5. The highest BCUT2D eigenvalue weighted by Gasteiger charge is 2.17. The first-order valence-corrected chi connectivity index (χ1v) is 9.17. The first-order chi connectivity index (χ1) is 12.8. The number of nitrogens with one attached hydrogen (secondary N) is 2. The number of hydrogen-bond acceptors (Lipinski definition) is 9. The van der Waals surface area contributed by atoms with Gasteiger partial charge in [0.2, 0.25) is 11.9 Å². The first kappa shape index (κ1) is 20.3. The van der Waals surface area contributed by atoms with Crippen molar-refractivity contribution in [1.82, 2.24) is 15.0 Å². The molecule has 1 saturated carbocycles. The van der Waals surface area contributed by atoms with Crippen LogP contribution in [0.4, 0.5) is 11.9 Å². The third-order valence-corrected chi connectivity index (χ3v) is 3.80. The van der Waals surface area contributed by atoms with E-state index in [2.05, 4.69) is 32.2 Å². The van der Waals surface area contributed by atoms with Gasteiger partial charge in [0.25, 0.3) is 0 Å². The van der Waals surface area contributed by atoms with Crippen molar-refractivity contribution in [2.75, 3.05) is 56.8 Å². The zero-order valence-electron chi connectivity index (χ0n) is 15.3. The van der Waals surface area contributed by atoms with Gasteiger partial charge in [-0.3, -0.25) is 0 Å². The Labute approximate surface area is 154 Å². The molecule has 1 aliphatic carbocycles. The van der Waals surface area contributed by atoms with Crippen molar-refractivity contribution in [2.45, 2.75) is 31.7 Å². The van der Waals surface area contributed by atoms with Crippen LogP contribution in [0.3, 0.4) is 0 Å². The number of anilines is 2. The van der Waals surface area contributed by atoms with E-state index in [4.69, 9.17) is 19.9 Å². The second-order valence-electron chi connectivity index (χ2n) is 5.93. The molecule has 1 fully saturated rings. The minimum absolute atomic E-state index is 0.277. The van der Waals surface area contributed by atoms with Gasteiger partial charge in [0.1, 0.15) is 6.61 Å².